The molecule has 1 aliphatic rings. The van der Waals surface area contributed by atoms with E-state index >= 15 is 0 Å². The molecule has 0 bridgehead atoms. The normalized spacial score (nSPS) is 26.5. The van der Waals surface area contributed by atoms with Gasteiger partial charge in [0.15, 0.2) is 0 Å². The first-order valence-corrected chi connectivity index (χ1v) is 3.73. The molecule has 3 heteroatoms. The topological polar surface area (TPSA) is 46.5 Å². The molecule has 0 aliphatic carbocycles. The Bertz CT molecular complexity index is 174. The Morgan fingerprint density at radius 3 is 3.00 bits per heavy atom. The Morgan fingerprint density at radius 2 is 2.55 bits per heavy atom. The summed E-state index contributed by atoms with van der Waals surface area (Å²) in [5, 5.41) is 8.62. The van der Waals surface area contributed by atoms with Crippen LogP contribution in [0.25, 0.3) is 0 Å². The maximum Gasteiger partial charge on any atom is 0.309 e. The molecule has 1 rings (SSSR count). The fraction of sp³-hybridized carbons (Fsp3) is 0.625. The quantitative estimate of drug-likeness (QED) is 0.608. The van der Waals surface area contributed by atoms with Gasteiger partial charge in [0.05, 0.1) is 18.6 Å². The molecule has 3 nitrogen and oxygen atoms in total. The summed E-state index contributed by atoms with van der Waals surface area (Å²) in [5.74, 6) is -1.24. The molecule has 0 fully saturated rings. The van der Waals surface area contributed by atoms with Crippen molar-refractivity contribution in [2.45, 2.75) is 19.4 Å². The first kappa shape index (κ1) is 8.27. The van der Waals surface area contributed by atoms with Crippen LogP contribution in [0.15, 0.2) is 12.2 Å². The lowest BCUT2D eigenvalue weighted by molar-refractivity contribution is -0.145. The molecule has 0 aromatic rings. The summed E-state index contributed by atoms with van der Waals surface area (Å²) in [6, 6.07) is 0. The molecule has 2 atom stereocenters. The highest BCUT2D eigenvalue weighted by atomic mass is 16.5. The van der Waals surface area contributed by atoms with Crippen LogP contribution in [0.4, 0.5) is 0 Å². The molecule has 0 saturated carbocycles. The van der Waals surface area contributed by atoms with Gasteiger partial charge in [-0.05, 0) is 13.3 Å². The maximum atomic E-state index is 10.5. The number of carboxylic acid groups (broad SMARTS) is 1. The molecule has 0 aromatic heterocycles. The Hall–Kier alpha value is -0.830. The van der Waals surface area contributed by atoms with E-state index in [4.69, 9.17) is 9.84 Å². The van der Waals surface area contributed by atoms with Gasteiger partial charge in [0.25, 0.3) is 0 Å². The summed E-state index contributed by atoms with van der Waals surface area (Å²) < 4.78 is 5.23. The molecule has 62 valence electrons. The van der Waals surface area contributed by atoms with E-state index in [0.717, 1.165) is 6.42 Å². The van der Waals surface area contributed by atoms with Crippen molar-refractivity contribution < 1.29 is 14.6 Å². The SMILES string of the molecule is C[C@@H](C(=O)O)[C@@H]1C=CCCO1. The van der Waals surface area contributed by atoms with Gasteiger partial charge >= 0.3 is 5.97 Å². The molecular formula is C8H12O3. The van der Waals surface area contributed by atoms with Crippen molar-refractivity contribution in [3.8, 4) is 0 Å². The maximum absolute atomic E-state index is 10.5. The van der Waals surface area contributed by atoms with E-state index in [0.29, 0.717) is 6.61 Å². The first-order chi connectivity index (χ1) is 5.22. The van der Waals surface area contributed by atoms with E-state index in [1.165, 1.54) is 0 Å². The molecule has 1 aliphatic heterocycles. The molecule has 0 amide bonds. The fourth-order valence-electron chi connectivity index (χ4n) is 1.01. The number of aliphatic carboxylic acids is 1. The zero-order valence-corrected chi connectivity index (χ0v) is 6.49. The standard InChI is InChI=1S/C8H12O3/c1-6(8(9)10)7-4-2-3-5-11-7/h2,4,6-7H,3,5H2,1H3,(H,9,10)/t6-,7+/m1/s1. The third kappa shape index (κ3) is 2.05. The van der Waals surface area contributed by atoms with Crippen LogP contribution in [0, 0.1) is 5.92 Å². The summed E-state index contributed by atoms with van der Waals surface area (Å²) in [4.78, 5) is 10.5. The largest absolute Gasteiger partial charge is 0.481 e. The van der Waals surface area contributed by atoms with Crippen LogP contribution < -0.4 is 0 Å². The molecule has 0 radical (unpaired) electrons. The number of rotatable bonds is 2. The lowest BCUT2D eigenvalue weighted by atomic mass is 10.0. The highest BCUT2D eigenvalue weighted by Crippen LogP contribution is 2.13. The Balaban J connectivity index is 2.52. The van der Waals surface area contributed by atoms with Gasteiger partial charge in [0.2, 0.25) is 0 Å². The molecule has 0 saturated heterocycles. The first-order valence-electron chi connectivity index (χ1n) is 3.73. The average Bonchev–Trinajstić information content (AvgIpc) is 2.05. The highest BCUT2D eigenvalue weighted by Gasteiger charge is 2.22. The predicted molar refractivity (Wildman–Crippen MR) is 40.3 cm³/mol. The zero-order valence-electron chi connectivity index (χ0n) is 6.49. The highest BCUT2D eigenvalue weighted by molar-refractivity contribution is 5.70. The van der Waals surface area contributed by atoms with Gasteiger partial charge in [0, 0.05) is 0 Å². The zero-order chi connectivity index (χ0) is 8.27. The van der Waals surface area contributed by atoms with E-state index in [9.17, 15) is 4.79 Å². The summed E-state index contributed by atoms with van der Waals surface area (Å²) >= 11 is 0. The van der Waals surface area contributed by atoms with E-state index in [2.05, 4.69) is 0 Å². The van der Waals surface area contributed by atoms with Gasteiger partial charge < -0.3 is 9.84 Å². The number of hydrogen-bond donors (Lipinski definition) is 1. The molecule has 11 heavy (non-hydrogen) atoms. The summed E-state index contributed by atoms with van der Waals surface area (Å²) in [5.41, 5.74) is 0. The van der Waals surface area contributed by atoms with Crippen molar-refractivity contribution in [2.75, 3.05) is 6.61 Å². The molecular weight excluding hydrogens is 144 g/mol. The van der Waals surface area contributed by atoms with E-state index < -0.39 is 11.9 Å². The van der Waals surface area contributed by atoms with Crippen LogP contribution in [0.1, 0.15) is 13.3 Å². The minimum atomic E-state index is -0.804. The summed E-state index contributed by atoms with van der Waals surface area (Å²) in [6.07, 6.45) is 4.44. The minimum absolute atomic E-state index is 0.235. The van der Waals surface area contributed by atoms with E-state index in [1.807, 2.05) is 12.2 Å². The van der Waals surface area contributed by atoms with Crippen molar-refractivity contribution in [3.05, 3.63) is 12.2 Å². The van der Waals surface area contributed by atoms with Crippen LogP contribution >= 0.6 is 0 Å². The Kier molecular flexibility index (Phi) is 2.65. The third-order valence-electron chi connectivity index (χ3n) is 1.80. The molecule has 0 aromatic carbocycles. The van der Waals surface area contributed by atoms with Gasteiger partial charge in [-0.15, -0.1) is 0 Å². The fourth-order valence-corrected chi connectivity index (χ4v) is 1.01. The average molecular weight is 156 g/mol. The van der Waals surface area contributed by atoms with E-state index in [1.54, 1.807) is 6.92 Å². The van der Waals surface area contributed by atoms with Gasteiger partial charge in [0.1, 0.15) is 0 Å². The minimum Gasteiger partial charge on any atom is -0.481 e. The lowest BCUT2D eigenvalue weighted by Crippen LogP contribution is -2.28. The number of carbonyl (C=O) groups is 1. The van der Waals surface area contributed by atoms with Crippen molar-refractivity contribution in [1.82, 2.24) is 0 Å². The Labute approximate surface area is 65.7 Å². The van der Waals surface area contributed by atoms with Crippen LogP contribution in [0.5, 0.6) is 0 Å². The van der Waals surface area contributed by atoms with Crippen LogP contribution in [0.3, 0.4) is 0 Å². The van der Waals surface area contributed by atoms with Gasteiger partial charge in [-0.3, -0.25) is 4.79 Å². The van der Waals surface area contributed by atoms with Crippen molar-refractivity contribution in [2.24, 2.45) is 5.92 Å². The van der Waals surface area contributed by atoms with Crippen LogP contribution in [0.2, 0.25) is 0 Å². The summed E-state index contributed by atoms with van der Waals surface area (Å²) in [6.45, 7) is 2.29. The predicted octanol–water partition coefficient (Wildman–Crippen LogP) is 1.05. The van der Waals surface area contributed by atoms with Gasteiger partial charge in [-0.25, -0.2) is 0 Å². The second-order valence-corrected chi connectivity index (χ2v) is 2.68. The van der Waals surface area contributed by atoms with Crippen molar-refractivity contribution in [3.63, 3.8) is 0 Å². The van der Waals surface area contributed by atoms with Crippen LogP contribution in [-0.2, 0) is 9.53 Å². The molecule has 1 heterocycles. The van der Waals surface area contributed by atoms with Gasteiger partial charge in [-0.2, -0.15) is 0 Å². The van der Waals surface area contributed by atoms with E-state index in [-0.39, 0.29) is 6.10 Å². The van der Waals surface area contributed by atoms with Crippen LogP contribution in [-0.4, -0.2) is 23.8 Å². The third-order valence-corrected chi connectivity index (χ3v) is 1.80. The molecule has 0 unspecified atom stereocenters. The van der Waals surface area contributed by atoms with Crippen molar-refractivity contribution in [1.29, 1.82) is 0 Å². The second-order valence-electron chi connectivity index (χ2n) is 2.68. The lowest BCUT2D eigenvalue weighted by Gasteiger charge is -2.20. The summed E-state index contributed by atoms with van der Waals surface area (Å²) in [7, 11) is 0. The number of ether oxygens (including phenoxy) is 1. The van der Waals surface area contributed by atoms with Crippen molar-refractivity contribution >= 4 is 5.97 Å². The number of carboxylic acids is 1. The number of hydrogen-bond acceptors (Lipinski definition) is 2. The molecule has 1 N–H and O–H groups in total. The van der Waals surface area contributed by atoms with Gasteiger partial charge in [-0.1, -0.05) is 12.2 Å². The molecule has 0 spiro atoms. The Morgan fingerprint density at radius 1 is 1.82 bits per heavy atom. The monoisotopic (exact) mass is 156 g/mol. The second kappa shape index (κ2) is 3.53. The smallest absolute Gasteiger partial charge is 0.309 e.